The lowest BCUT2D eigenvalue weighted by Crippen LogP contribution is -2.34. The van der Waals surface area contributed by atoms with Crippen LogP contribution in [0.3, 0.4) is 0 Å². The van der Waals surface area contributed by atoms with E-state index in [4.69, 9.17) is 4.52 Å². The van der Waals surface area contributed by atoms with Crippen molar-refractivity contribution in [2.45, 2.75) is 57.6 Å². The van der Waals surface area contributed by atoms with Gasteiger partial charge in [0.15, 0.2) is 5.82 Å². The first kappa shape index (κ1) is 18.8. The third kappa shape index (κ3) is 5.26. The first-order chi connectivity index (χ1) is 11.2. The van der Waals surface area contributed by atoms with Gasteiger partial charge < -0.3 is 9.84 Å². The van der Waals surface area contributed by atoms with Crippen LogP contribution < -0.4 is 5.32 Å². The van der Waals surface area contributed by atoms with Crippen molar-refractivity contribution in [2.24, 2.45) is 5.92 Å². The quantitative estimate of drug-likeness (QED) is 0.709. The van der Waals surface area contributed by atoms with E-state index in [0.29, 0.717) is 11.7 Å². The van der Waals surface area contributed by atoms with Gasteiger partial charge in [0, 0.05) is 11.5 Å². The van der Waals surface area contributed by atoms with Crippen LogP contribution >= 0.6 is 11.8 Å². The lowest BCUT2D eigenvalue weighted by Gasteiger charge is -2.22. The summed E-state index contributed by atoms with van der Waals surface area (Å²) in [6, 6.07) is 1.80. The second-order valence-electron chi connectivity index (χ2n) is 7.72. The van der Waals surface area contributed by atoms with Gasteiger partial charge in [-0.3, -0.25) is 4.79 Å². The molecule has 2 rings (SSSR count). The Morgan fingerprint density at radius 3 is 2.50 bits per heavy atom. The maximum atomic E-state index is 12.5. The molecule has 1 aromatic rings. The van der Waals surface area contributed by atoms with Crippen molar-refractivity contribution in [2.75, 3.05) is 11.1 Å². The Morgan fingerprint density at radius 2 is 1.92 bits per heavy atom. The molecule has 1 amide bonds. The molecule has 1 aromatic heterocycles. The summed E-state index contributed by atoms with van der Waals surface area (Å²) in [5.74, 6) is 2.74. The standard InChI is InChI=1S/C19H28N2O2S/c1-18(2,3)15-13-16(21-23-15)20-17(22)19(4,5)24-12-8-11-14-9-6-7-10-14/h6-7,9-10,13-14H,8,11-12H2,1-5H3,(H,20,21,22). The first-order valence-corrected chi connectivity index (χ1v) is 9.45. The smallest absolute Gasteiger partial charge is 0.241 e. The summed E-state index contributed by atoms with van der Waals surface area (Å²) in [7, 11) is 0. The zero-order valence-corrected chi connectivity index (χ0v) is 16.1. The van der Waals surface area contributed by atoms with Crippen molar-refractivity contribution >= 4 is 23.5 Å². The van der Waals surface area contributed by atoms with Crippen molar-refractivity contribution in [3.63, 3.8) is 0 Å². The van der Waals surface area contributed by atoms with Crippen LogP contribution in [0.4, 0.5) is 5.82 Å². The summed E-state index contributed by atoms with van der Waals surface area (Å²) in [6.07, 6.45) is 10.9. The molecule has 5 heteroatoms. The molecule has 0 radical (unpaired) electrons. The molecule has 1 aliphatic carbocycles. The average molecular weight is 349 g/mol. The molecule has 0 spiro atoms. The van der Waals surface area contributed by atoms with Crippen LogP contribution in [0.15, 0.2) is 34.9 Å². The molecule has 0 atom stereocenters. The summed E-state index contributed by atoms with van der Waals surface area (Å²) in [4.78, 5) is 12.5. The van der Waals surface area contributed by atoms with E-state index in [1.807, 2.05) is 34.6 Å². The summed E-state index contributed by atoms with van der Waals surface area (Å²) in [5, 5.41) is 6.82. The van der Waals surface area contributed by atoms with Gasteiger partial charge in [-0.1, -0.05) is 50.2 Å². The topological polar surface area (TPSA) is 55.1 Å². The third-order valence-corrected chi connectivity index (χ3v) is 5.41. The molecule has 0 fully saturated rings. The van der Waals surface area contributed by atoms with Gasteiger partial charge in [0.05, 0.1) is 4.75 Å². The number of carbonyl (C=O) groups excluding carboxylic acids is 1. The molecule has 4 nitrogen and oxygen atoms in total. The molecule has 0 bridgehead atoms. The maximum Gasteiger partial charge on any atom is 0.241 e. The largest absolute Gasteiger partial charge is 0.359 e. The van der Waals surface area contributed by atoms with Crippen LogP contribution in [0.5, 0.6) is 0 Å². The van der Waals surface area contributed by atoms with Gasteiger partial charge in [-0.15, -0.1) is 11.8 Å². The van der Waals surface area contributed by atoms with Crippen LogP contribution in [0.25, 0.3) is 0 Å². The molecule has 1 heterocycles. The van der Waals surface area contributed by atoms with Crippen LogP contribution in [0.2, 0.25) is 0 Å². The fourth-order valence-corrected chi connectivity index (χ4v) is 3.34. The predicted octanol–water partition coefficient (Wildman–Crippen LogP) is 4.94. The van der Waals surface area contributed by atoms with E-state index < -0.39 is 4.75 Å². The molecule has 0 saturated carbocycles. The van der Waals surface area contributed by atoms with Gasteiger partial charge in [0.1, 0.15) is 5.76 Å². The number of hydrogen-bond acceptors (Lipinski definition) is 4. The Kier molecular flexibility index (Phi) is 5.97. The van der Waals surface area contributed by atoms with E-state index in [0.717, 1.165) is 24.4 Å². The van der Waals surface area contributed by atoms with Gasteiger partial charge in [-0.25, -0.2) is 0 Å². The lowest BCUT2D eigenvalue weighted by molar-refractivity contribution is -0.117. The number of carbonyl (C=O) groups is 1. The molecular weight excluding hydrogens is 320 g/mol. The number of rotatable bonds is 7. The number of nitrogens with zero attached hydrogens (tertiary/aromatic N) is 1. The number of hydrogen-bond donors (Lipinski definition) is 1. The minimum Gasteiger partial charge on any atom is -0.359 e. The highest BCUT2D eigenvalue weighted by atomic mass is 32.2. The SMILES string of the molecule is CC(C)(SCCCC1C=CC=C1)C(=O)Nc1cc(C(C)(C)C)on1. The van der Waals surface area contributed by atoms with Gasteiger partial charge in [-0.05, 0) is 38.4 Å². The zero-order valence-electron chi connectivity index (χ0n) is 15.3. The predicted molar refractivity (Wildman–Crippen MR) is 101 cm³/mol. The highest BCUT2D eigenvalue weighted by Crippen LogP contribution is 2.29. The second kappa shape index (κ2) is 7.60. The van der Waals surface area contributed by atoms with Crippen molar-refractivity contribution in [1.29, 1.82) is 0 Å². The second-order valence-corrected chi connectivity index (χ2v) is 9.43. The lowest BCUT2D eigenvalue weighted by atomic mass is 9.93. The average Bonchev–Trinajstić information content (AvgIpc) is 3.14. The number of amides is 1. The Bertz CT molecular complexity index is 612. The van der Waals surface area contributed by atoms with Gasteiger partial charge in [0.2, 0.25) is 5.91 Å². The van der Waals surface area contributed by atoms with Crippen LogP contribution in [0, 0.1) is 5.92 Å². The molecule has 0 aliphatic heterocycles. The van der Waals surface area contributed by atoms with Crippen LogP contribution in [-0.2, 0) is 10.2 Å². The van der Waals surface area contributed by atoms with Crippen molar-refractivity contribution in [1.82, 2.24) is 5.16 Å². The molecular formula is C19H28N2O2S. The molecule has 0 saturated heterocycles. The highest BCUT2D eigenvalue weighted by Gasteiger charge is 2.29. The monoisotopic (exact) mass is 348 g/mol. The minimum absolute atomic E-state index is 0.0399. The molecule has 0 aromatic carbocycles. The number of nitrogens with one attached hydrogen (secondary N) is 1. The van der Waals surface area contributed by atoms with Gasteiger partial charge in [-0.2, -0.15) is 0 Å². The van der Waals surface area contributed by atoms with E-state index in [-0.39, 0.29) is 11.3 Å². The van der Waals surface area contributed by atoms with Gasteiger partial charge in [0.25, 0.3) is 0 Å². The van der Waals surface area contributed by atoms with Crippen molar-refractivity contribution in [3.8, 4) is 0 Å². The molecule has 0 unspecified atom stereocenters. The van der Waals surface area contributed by atoms with Gasteiger partial charge >= 0.3 is 0 Å². The summed E-state index contributed by atoms with van der Waals surface area (Å²) < 4.78 is 4.82. The fraction of sp³-hybridized carbons (Fsp3) is 0.579. The number of aromatic nitrogens is 1. The molecule has 24 heavy (non-hydrogen) atoms. The summed E-state index contributed by atoms with van der Waals surface area (Å²) in [5.41, 5.74) is -0.122. The molecule has 132 valence electrons. The molecule has 1 aliphatic rings. The number of anilines is 1. The van der Waals surface area contributed by atoms with E-state index >= 15 is 0 Å². The van der Waals surface area contributed by atoms with Crippen molar-refractivity contribution < 1.29 is 9.32 Å². The van der Waals surface area contributed by atoms with E-state index in [1.165, 1.54) is 0 Å². The normalized spacial score (nSPS) is 15.2. The first-order valence-electron chi connectivity index (χ1n) is 8.46. The van der Waals surface area contributed by atoms with E-state index in [1.54, 1.807) is 17.8 Å². The van der Waals surface area contributed by atoms with Crippen LogP contribution in [0.1, 0.15) is 53.2 Å². The summed E-state index contributed by atoms with van der Waals surface area (Å²) >= 11 is 1.68. The Balaban J connectivity index is 1.80. The number of thioether (sulfide) groups is 1. The van der Waals surface area contributed by atoms with Crippen molar-refractivity contribution in [3.05, 3.63) is 36.1 Å². The molecule has 1 N–H and O–H groups in total. The Labute approximate surface area is 149 Å². The van der Waals surface area contributed by atoms with E-state index in [2.05, 4.69) is 34.8 Å². The maximum absolute atomic E-state index is 12.5. The minimum atomic E-state index is -0.498. The zero-order chi connectivity index (χ0) is 17.8. The van der Waals surface area contributed by atoms with Crippen LogP contribution in [-0.4, -0.2) is 21.6 Å². The Morgan fingerprint density at radius 1 is 1.25 bits per heavy atom. The third-order valence-electron chi connectivity index (χ3n) is 4.01. The van der Waals surface area contributed by atoms with E-state index in [9.17, 15) is 4.79 Å². The highest BCUT2D eigenvalue weighted by molar-refractivity contribution is 8.01. The fourth-order valence-electron chi connectivity index (χ4n) is 2.34. The number of allylic oxidation sites excluding steroid dienone is 4. The Hall–Kier alpha value is -1.49. The summed E-state index contributed by atoms with van der Waals surface area (Å²) in [6.45, 7) is 10.1.